The van der Waals surface area contributed by atoms with Gasteiger partial charge < -0.3 is 10.4 Å². The lowest BCUT2D eigenvalue weighted by molar-refractivity contribution is -0.138. The molecular formula is C20H23N5O3. The summed E-state index contributed by atoms with van der Waals surface area (Å²) in [6.45, 7) is 0.292. The van der Waals surface area contributed by atoms with Crippen LogP contribution in [0.5, 0.6) is 0 Å². The van der Waals surface area contributed by atoms with E-state index >= 15 is 0 Å². The van der Waals surface area contributed by atoms with Crippen molar-refractivity contribution in [2.45, 2.75) is 50.7 Å². The third-order valence-electron chi connectivity index (χ3n) is 5.27. The number of rotatable bonds is 6. The van der Waals surface area contributed by atoms with Crippen LogP contribution in [0, 0.1) is 0 Å². The number of aliphatic carboxylic acids is 1. The van der Waals surface area contributed by atoms with Crippen molar-refractivity contribution in [3.05, 3.63) is 48.3 Å². The highest BCUT2D eigenvalue weighted by Gasteiger charge is 2.36. The fourth-order valence-corrected chi connectivity index (χ4v) is 3.78. The van der Waals surface area contributed by atoms with E-state index < -0.39 is 12.0 Å². The van der Waals surface area contributed by atoms with Crippen molar-refractivity contribution in [3.8, 4) is 0 Å². The lowest BCUT2D eigenvalue weighted by atomic mass is 10.1. The van der Waals surface area contributed by atoms with Gasteiger partial charge in [-0.05, 0) is 31.0 Å². The number of carbonyl (C=O) groups excluding carboxylic acids is 1. The molecule has 1 aromatic heterocycles. The maximum Gasteiger partial charge on any atom is 0.328 e. The van der Waals surface area contributed by atoms with Crippen LogP contribution < -0.4 is 10.3 Å². The number of carbonyl (C=O) groups is 2. The number of aromatic nitrogens is 2. The van der Waals surface area contributed by atoms with E-state index in [0.29, 0.717) is 18.3 Å². The summed E-state index contributed by atoms with van der Waals surface area (Å²) in [7, 11) is 0. The molecule has 1 amide bonds. The van der Waals surface area contributed by atoms with E-state index in [9.17, 15) is 14.7 Å². The summed E-state index contributed by atoms with van der Waals surface area (Å²) in [6.07, 6.45) is 6.79. The summed E-state index contributed by atoms with van der Waals surface area (Å²) in [5, 5.41) is 22.5. The van der Waals surface area contributed by atoms with Crippen molar-refractivity contribution in [2.24, 2.45) is 5.10 Å². The maximum absolute atomic E-state index is 12.5. The molecule has 4 rings (SSSR count). The standard InChI is InChI=1S/C20H23N5O3/c26-19(21-13-14-10-11-24(22-14)15-6-4-5-7-15)17-12-18(20(27)28)25(23-17)16-8-2-1-3-9-16/h1-3,8-11,15,18H,4-7,12-13H2,(H,21,26)(H,27,28). The van der Waals surface area contributed by atoms with E-state index in [1.54, 1.807) is 12.1 Å². The van der Waals surface area contributed by atoms with Crippen LogP contribution in [0.3, 0.4) is 0 Å². The summed E-state index contributed by atoms with van der Waals surface area (Å²) < 4.78 is 1.99. The third-order valence-corrected chi connectivity index (χ3v) is 5.27. The number of amides is 1. The Bertz CT molecular complexity index is 886. The van der Waals surface area contributed by atoms with Crippen LogP contribution in [-0.2, 0) is 16.1 Å². The summed E-state index contributed by atoms with van der Waals surface area (Å²) in [5.41, 5.74) is 1.65. The summed E-state index contributed by atoms with van der Waals surface area (Å²) in [5.74, 6) is -1.37. The molecule has 1 aromatic carbocycles. The molecule has 2 heterocycles. The summed E-state index contributed by atoms with van der Waals surface area (Å²) in [6, 6.07) is 10.5. The number of hydrogen-bond acceptors (Lipinski definition) is 5. The Balaban J connectivity index is 1.41. The van der Waals surface area contributed by atoms with Crippen molar-refractivity contribution in [2.75, 3.05) is 5.01 Å². The van der Waals surface area contributed by atoms with Gasteiger partial charge in [0.25, 0.3) is 5.91 Å². The molecule has 1 fully saturated rings. The van der Waals surface area contributed by atoms with Crippen molar-refractivity contribution < 1.29 is 14.7 Å². The van der Waals surface area contributed by atoms with Crippen LogP contribution in [0.25, 0.3) is 0 Å². The van der Waals surface area contributed by atoms with Gasteiger partial charge in [0, 0.05) is 12.6 Å². The van der Waals surface area contributed by atoms with E-state index in [1.165, 1.54) is 17.9 Å². The van der Waals surface area contributed by atoms with Crippen LogP contribution in [0.1, 0.15) is 43.8 Å². The van der Waals surface area contributed by atoms with Crippen molar-refractivity contribution in [1.82, 2.24) is 15.1 Å². The maximum atomic E-state index is 12.5. The van der Waals surface area contributed by atoms with Gasteiger partial charge in [0.2, 0.25) is 0 Å². The van der Waals surface area contributed by atoms with Crippen molar-refractivity contribution in [1.29, 1.82) is 0 Å². The van der Waals surface area contributed by atoms with Crippen LogP contribution in [0.15, 0.2) is 47.7 Å². The average molecular weight is 381 g/mol. The Morgan fingerprint density at radius 2 is 1.89 bits per heavy atom. The quantitative estimate of drug-likeness (QED) is 0.800. The zero-order chi connectivity index (χ0) is 19.5. The first kappa shape index (κ1) is 18.2. The van der Waals surface area contributed by atoms with Gasteiger partial charge in [-0.2, -0.15) is 10.2 Å². The Hall–Kier alpha value is -3.16. The molecule has 8 heteroatoms. The van der Waals surface area contributed by atoms with Gasteiger partial charge >= 0.3 is 5.97 Å². The second kappa shape index (κ2) is 7.84. The topological polar surface area (TPSA) is 99.8 Å². The second-order valence-electron chi connectivity index (χ2n) is 7.19. The number of anilines is 1. The molecule has 2 N–H and O–H groups in total. The van der Waals surface area contributed by atoms with Crippen LogP contribution in [-0.4, -0.2) is 38.5 Å². The molecule has 1 unspecified atom stereocenters. The Morgan fingerprint density at radius 3 is 2.61 bits per heavy atom. The number of hydrazone groups is 1. The number of carboxylic acid groups (broad SMARTS) is 1. The van der Waals surface area contributed by atoms with Crippen LogP contribution in [0.4, 0.5) is 5.69 Å². The molecule has 0 spiro atoms. The average Bonchev–Trinajstić information content (AvgIpc) is 3.46. The van der Waals surface area contributed by atoms with Gasteiger partial charge in [-0.15, -0.1) is 0 Å². The molecule has 0 saturated heterocycles. The number of nitrogens with one attached hydrogen (secondary N) is 1. The smallest absolute Gasteiger partial charge is 0.328 e. The van der Waals surface area contributed by atoms with E-state index in [2.05, 4.69) is 15.5 Å². The summed E-state index contributed by atoms with van der Waals surface area (Å²) >= 11 is 0. The molecule has 28 heavy (non-hydrogen) atoms. The second-order valence-corrected chi connectivity index (χ2v) is 7.19. The molecule has 2 aromatic rings. The van der Waals surface area contributed by atoms with Gasteiger partial charge in [-0.25, -0.2) is 4.79 Å². The lowest BCUT2D eigenvalue weighted by Gasteiger charge is -2.19. The molecule has 8 nitrogen and oxygen atoms in total. The Morgan fingerprint density at radius 1 is 1.14 bits per heavy atom. The molecule has 146 valence electrons. The number of para-hydroxylation sites is 1. The van der Waals surface area contributed by atoms with Gasteiger partial charge in [0.05, 0.1) is 24.0 Å². The van der Waals surface area contributed by atoms with Gasteiger partial charge in [-0.1, -0.05) is 31.0 Å². The number of nitrogens with zero attached hydrogens (tertiary/aromatic N) is 4. The molecule has 1 aliphatic carbocycles. The monoisotopic (exact) mass is 381 g/mol. The highest BCUT2D eigenvalue weighted by Crippen LogP contribution is 2.28. The normalized spacial score (nSPS) is 19.6. The molecule has 1 aliphatic heterocycles. The summed E-state index contributed by atoms with van der Waals surface area (Å²) in [4.78, 5) is 24.1. The van der Waals surface area contributed by atoms with Gasteiger partial charge in [-0.3, -0.25) is 14.5 Å². The highest BCUT2D eigenvalue weighted by atomic mass is 16.4. The molecule has 1 saturated carbocycles. The lowest BCUT2D eigenvalue weighted by Crippen LogP contribution is -2.35. The number of hydrogen-bond donors (Lipinski definition) is 2. The zero-order valence-electron chi connectivity index (χ0n) is 15.5. The van der Waals surface area contributed by atoms with Crippen LogP contribution in [0.2, 0.25) is 0 Å². The largest absolute Gasteiger partial charge is 0.480 e. The fourth-order valence-electron chi connectivity index (χ4n) is 3.78. The van der Waals surface area contributed by atoms with Gasteiger partial charge in [0.1, 0.15) is 5.71 Å². The molecule has 0 radical (unpaired) electrons. The minimum Gasteiger partial charge on any atom is -0.480 e. The Labute approximate surface area is 162 Å². The first-order chi connectivity index (χ1) is 13.6. The van der Waals surface area contributed by atoms with Crippen molar-refractivity contribution in [3.63, 3.8) is 0 Å². The highest BCUT2D eigenvalue weighted by molar-refractivity contribution is 6.40. The zero-order valence-corrected chi connectivity index (χ0v) is 15.5. The minimum absolute atomic E-state index is 0.0621. The SMILES string of the molecule is O=C(NCc1ccn(C2CCCC2)n1)C1=NN(c2ccccc2)C(C(=O)O)C1. The van der Waals surface area contributed by atoms with E-state index in [-0.39, 0.29) is 18.0 Å². The van der Waals surface area contributed by atoms with E-state index in [1.807, 2.05) is 35.1 Å². The van der Waals surface area contributed by atoms with E-state index in [0.717, 1.165) is 18.5 Å². The Kier molecular flexibility index (Phi) is 5.10. The molecular weight excluding hydrogens is 358 g/mol. The molecule has 2 aliphatic rings. The third kappa shape index (κ3) is 3.76. The minimum atomic E-state index is -1.01. The van der Waals surface area contributed by atoms with Crippen LogP contribution >= 0.6 is 0 Å². The predicted octanol–water partition coefficient (Wildman–Crippen LogP) is 2.33. The van der Waals surface area contributed by atoms with Gasteiger partial charge in [0.15, 0.2) is 6.04 Å². The first-order valence-electron chi connectivity index (χ1n) is 9.58. The fraction of sp³-hybridized carbons (Fsp3) is 0.400. The first-order valence-corrected chi connectivity index (χ1v) is 9.58. The molecule has 0 bridgehead atoms. The molecule has 1 atom stereocenters. The number of carboxylic acids is 1. The number of benzene rings is 1. The van der Waals surface area contributed by atoms with Crippen molar-refractivity contribution >= 4 is 23.3 Å². The van der Waals surface area contributed by atoms with E-state index in [4.69, 9.17) is 0 Å². The predicted molar refractivity (Wildman–Crippen MR) is 104 cm³/mol.